The Morgan fingerprint density at radius 1 is 1.53 bits per heavy atom. The molecule has 1 N–H and O–H groups in total. The standard InChI is InChI=1S/C13H22N2O2/c1-4-6-11(13(16)17)9-12-7-8-15(14-12)10(3)5-2/h7-8,10-11H,4-6,9H2,1-3H3,(H,16,17). The van der Waals surface area contributed by atoms with Crippen molar-refractivity contribution in [3.8, 4) is 0 Å². The first-order valence-corrected chi connectivity index (χ1v) is 6.35. The van der Waals surface area contributed by atoms with Crippen LogP contribution in [0.5, 0.6) is 0 Å². The van der Waals surface area contributed by atoms with Crippen LogP contribution in [-0.2, 0) is 11.2 Å². The van der Waals surface area contributed by atoms with Crippen LogP contribution in [0.4, 0.5) is 0 Å². The van der Waals surface area contributed by atoms with Crippen LogP contribution in [0.25, 0.3) is 0 Å². The first-order chi connectivity index (χ1) is 8.08. The number of carboxylic acid groups (broad SMARTS) is 1. The Kier molecular flexibility index (Phi) is 5.19. The molecule has 0 amide bonds. The number of hydrogen-bond acceptors (Lipinski definition) is 2. The SMILES string of the molecule is CCCC(Cc1ccn(C(C)CC)n1)C(=O)O. The second-order valence-electron chi connectivity index (χ2n) is 4.57. The van der Waals surface area contributed by atoms with Gasteiger partial charge in [-0.15, -0.1) is 0 Å². The molecular formula is C13H22N2O2. The lowest BCUT2D eigenvalue weighted by Crippen LogP contribution is -2.16. The molecule has 1 rings (SSSR count). The fraction of sp³-hybridized carbons (Fsp3) is 0.692. The average molecular weight is 238 g/mol. The molecule has 0 spiro atoms. The molecule has 0 aliphatic rings. The molecular weight excluding hydrogens is 216 g/mol. The number of rotatable bonds is 7. The zero-order valence-corrected chi connectivity index (χ0v) is 10.9. The van der Waals surface area contributed by atoms with Gasteiger partial charge in [0.1, 0.15) is 0 Å². The normalized spacial score (nSPS) is 14.5. The fourth-order valence-corrected chi connectivity index (χ4v) is 1.83. The summed E-state index contributed by atoms with van der Waals surface area (Å²) in [5, 5.41) is 13.5. The van der Waals surface area contributed by atoms with E-state index in [1.165, 1.54) is 0 Å². The number of carbonyl (C=O) groups is 1. The molecule has 2 unspecified atom stereocenters. The number of hydrogen-bond donors (Lipinski definition) is 1. The van der Waals surface area contributed by atoms with Gasteiger partial charge in [-0.3, -0.25) is 9.48 Å². The Hall–Kier alpha value is -1.32. The van der Waals surface area contributed by atoms with Gasteiger partial charge in [0.05, 0.1) is 11.6 Å². The van der Waals surface area contributed by atoms with Crippen LogP contribution in [0.15, 0.2) is 12.3 Å². The van der Waals surface area contributed by atoms with E-state index in [1.54, 1.807) is 0 Å². The summed E-state index contributed by atoms with van der Waals surface area (Å²) in [5.74, 6) is -1.02. The van der Waals surface area contributed by atoms with Crippen molar-refractivity contribution in [1.29, 1.82) is 0 Å². The van der Waals surface area contributed by atoms with Crippen LogP contribution in [0, 0.1) is 5.92 Å². The molecule has 17 heavy (non-hydrogen) atoms. The maximum Gasteiger partial charge on any atom is 0.306 e. The van der Waals surface area contributed by atoms with Crippen molar-refractivity contribution in [2.75, 3.05) is 0 Å². The smallest absolute Gasteiger partial charge is 0.306 e. The molecule has 1 aromatic rings. The summed E-state index contributed by atoms with van der Waals surface area (Å²) in [7, 11) is 0. The van der Waals surface area contributed by atoms with Gasteiger partial charge in [0, 0.05) is 18.7 Å². The predicted octanol–water partition coefficient (Wildman–Crippen LogP) is 2.90. The minimum Gasteiger partial charge on any atom is -0.481 e. The molecule has 4 heteroatoms. The van der Waals surface area contributed by atoms with Gasteiger partial charge in [-0.05, 0) is 25.8 Å². The van der Waals surface area contributed by atoms with Gasteiger partial charge >= 0.3 is 5.97 Å². The monoisotopic (exact) mass is 238 g/mol. The van der Waals surface area contributed by atoms with Gasteiger partial charge in [0.25, 0.3) is 0 Å². The van der Waals surface area contributed by atoms with Gasteiger partial charge in [0.15, 0.2) is 0 Å². The molecule has 0 aliphatic heterocycles. The first-order valence-electron chi connectivity index (χ1n) is 6.35. The molecule has 2 atom stereocenters. The highest BCUT2D eigenvalue weighted by Crippen LogP contribution is 2.15. The summed E-state index contributed by atoms with van der Waals surface area (Å²) < 4.78 is 1.92. The van der Waals surface area contributed by atoms with Crippen molar-refractivity contribution in [2.24, 2.45) is 5.92 Å². The third kappa shape index (κ3) is 3.88. The molecule has 4 nitrogen and oxygen atoms in total. The van der Waals surface area contributed by atoms with E-state index in [0.29, 0.717) is 18.9 Å². The third-order valence-electron chi connectivity index (χ3n) is 3.15. The summed E-state index contributed by atoms with van der Waals surface area (Å²) in [6, 6.07) is 2.30. The second-order valence-corrected chi connectivity index (χ2v) is 4.57. The van der Waals surface area contributed by atoms with Gasteiger partial charge in [-0.1, -0.05) is 20.3 Å². The number of nitrogens with zero attached hydrogens (tertiary/aromatic N) is 2. The van der Waals surface area contributed by atoms with E-state index in [2.05, 4.69) is 18.9 Å². The molecule has 0 aliphatic carbocycles. The average Bonchev–Trinajstić information content (AvgIpc) is 2.76. The van der Waals surface area contributed by atoms with Crippen LogP contribution in [0.1, 0.15) is 51.8 Å². The first kappa shape index (κ1) is 13.7. The zero-order valence-electron chi connectivity index (χ0n) is 10.9. The van der Waals surface area contributed by atoms with Gasteiger partial charge in [-0.25, -0.2) is 0 Å². The van der Waals surface area contributed by atoms with Crippen LogP contribution in [0.2, 0.25) is 0 Å². The van der Waals surface area contributed by atoms with Crippen molar-refractivity contribution >= 4 is 5.97 Å². The highest BCUT2D eigenvalue weighted by molar-refractivity contribution is 5.70. The Balaban J connectivity index is 2.66. The van der Waals surface area contributed by atoms with Crippen molar-refractivity contribution in [1.82, 2.24) is 9.78 Å². The molecule has 0 fully saturated rings. The lowest BCUT2D eigenvalue weighted by atomic mass is 9.98. The molecule has 96 valence electrons. The van der Waals surface area contributed by atoms with Crippen LogP contribution < -0.4 is 0 Å². The van der Waals surface area contributed by atoms with E-state index in [0.717, 1.165) is 18.5 Å². The summed E-state index contributed by atoms with van der Waals surface area (Å²) in [4.78, 5) is 11.1. The van der Waals surface area contributed by atoms with Crippen molar-refractivity contribution in [3.63, 3.8) is 0 Å². The van der Waals surface area contributed by atoms with E-state index in [9.17, 15) is 4.79 Å². The highest BCUT2D eigenvalue weighted by Gasteiger charge is 2.18. The van der Waals surface area contributed by atoms with Crippen LogP contribution in [-0.4, -0.2) is 20.9 Å². The largest absolute Gasteiger partial charge is 0.481 e. The molecule has 0 aromatic carbocycles. The van der Waals surface area contributed by atoms with Crippen LogP contribution in [0.3, 0.4) is 0 Å². The second kappa shape index (κ2) is 6.42. The summed E-state index contributed by atoms with van der Waals surface area (Å²) in [6.07, 6.45) is 5.11. The minimum absolute atomic E-state index is 0.305. The van der Waals surface area contributed by atoms with Crippen molar-refractivity contribution in [3.05, 3.63) is 18.0 Å². The predicted molar refractivity (Wildman–Crippen MR) is 67.0 cm³/mol. The Morgan fingerprint density at radius 2 is 2.24 bits per heavy atom. The summed E-state index contributed by atoms with van der Waals surface area (Å²) >= 11 is 0. The molecule has 0 saturated carbocycles. The van der Waals surface area contributed by atoms with E-state index in [-0.39, 0.29) is 5.92 Å². The Morgan fingerprint density at radius 3 is 2.76 bits per heavy atom. The van der Waals surface area contributed by atoms with Gasteiger partial charge < -0.3 is 5.11 Å². The topological polar surface area (TPSA) is 55.1 Å². The van der Waals surface area contributed by atoms with E-state index in [1.807, 2.05) is 23.9 Å². The minimum atomic E-state index is -0.718. The summed E-state index contributed by atoms with van der Waals surface area (Å²) in [6.45, 7) is 6.23. The Bertz CT molecular complexity index is 360. The Labute approximate surface area is 103 Å². The van der Waals surface area contributed by atoms with Crippen LogP contribution >= 0.6 is 0 Å². The van der Waals surface area contributed by atoms with Gasteiger partial charge in [0.2, 0.25) is 0 Å². The third-order valence-corrected chi connectivity index (χ3v) is 3.15. The highest BCUT2D eigenvalue weighted by atomic mass is 16.4. The number of aromatic nitrogens is 2. The van der Waals surface area contributed by atoms with Crippen molar-refractivity contribution in [2.45, 2.75) is 52.5 Å². The summed E-state index contributed by atoms with van der Waals surface area (Å²) in [5.41, 5.74) is 0.881. The zero-order chi connectivity index (χ0) is 12.8. The quantitative estimate of drug-likeness (QED) is 0.794. The van der Waals surface area contributed by atoms with E-state index >= 15 is 0 Å². The van der Waals surface area contributed by atoms with E-state index in [4.69, 9.17) is 5.11 Å². The van der Waals surface area contributed by atoms with Gasteiger partial charge in [-0.2, -0.15) is 5.10 Å². The molecule has 0 saturated heterocycles. The maximum atomic E-state index is 11.1. The van der Waals surface area contributed by atoms with Crippen molar-refractivity contribution < 1.29 is 9.90 Å². The molecule has 0 bridgehead atoms. The molecule has 1 aromatic heterocycles. The van der Waals surface area contributed by atoms with E-state index < -0.39 is 5.97 Å². The molecule has 1 heterocycles. The maximum absolute atomic E-state index is 11.1. The fourth-order valence-electron chi connectivity index (χ4n) is 1.83. The number of carboxylic acids is 1. The lowest BCUT2D eigenvalue weighted by Gasteiger charge is -2.10. The number of aliphatic carboxylic acids is 1. The molecule has 0 radical (unpaired) electrons. The lowest BCUT2D eigenvalue weighted by molar-refractivity contribution is -0.142.